The van der Waals surface area contributed by atoms with Gasteiger partial charge in [0.1, 0.15) is 0 Å². The largest absolute Gasteiger partial charge is 0.275 e. The van der Waals surface area contributed by atoms with E-state index in [0.717, 1.165) is 17.7 Å². The van der Waals surface area contributed by atoms with E-state index in [0.29, 0.717) is 5.92 Å². The normalized spacial score (nSPS) is 12.9. The van der Waals surface area contributed by atoms with E-state index in [1.54, 1.807) is 4.68 Å². The maximum atomic E-state index is 5.70. The highest BCUT2D eigenvalue weighted by Gasteiger charge is 2.15. The van der Waals surface area contributed by atoms with Crippen LogP contribution in [0.2, 0.25) is 0 Å². The Morgan fingerprint density at radius 3 is 2.68 bits per heavy atom. The van der Waals surface area contributed by atoms with Crippen molar-refractivity contribution in [1.82, 2.24) is 15.2 Å². The molecule has 1 unspecified atom stereocenters. The van der Waals surface area contributed by atoms with Crippen LogP contribution in [0.5, 0.6) is 0 Å². The fraction of sp³-hybridized carbons (Fsp3) is 0.400. The van der Waals surface area contributed by atoms with Crippen LogP contribution in [0.25, 0.3) is 0 Å². The van der Waals surface area contributed by atoms with Crippen molar-refractivity contribution in [2.75, 3.05) is 0 Å². The van der Waals surface area contributed by atoms with Gasteiger partial charge in [0, 0.05) is 13.2 Å². The zero-order valence-corrected chi connectivity index (χ0v) is 11.8. The molecule has 0 bridgehead atoms. The summed E-state index contributed by atoms with van der Waals surface area (Å²) < 4.78 is 1.79. The van der Waals surface area contributed by atoms with Gasteiger partial charge in [-0.1, -0.05) is 38.1 Å². The Hall–Kier alpha value is -1.65. The number of benzene rings is 1. The minimum Gasteiger partial charge on any atom is -0.275 e. The third-order valence-electron chi connectivity index (χ3n) is 3.12. The van der Waals surface area contributed by atoms with E-state index in [1.165, 1.54) is 5.56 Å². The summed E-state index contributed by atoms with van der Waals surface area (Å²) in [6.45, 7) is 4.45. The molecule has 4 heteroatoms. The molecule has 2 rings (SSSR count). The molecule has 0 fully saturated rings. The fourth-order valence-corrected chi connectivity index (χ4v) is 2.31. The number of aryl methyl sites for hydroxylation is 1. The lowest BCUT2D eigenvalue weighted by Gasteiger charge is -2.15. The van der Waals surface area contributed by atoms with Crippen LogP contribution >= 0.6 is 0 Å². The van der Waals surface area contributed by atoms with Crippen molar-refractivity contribution in [3.8, 4) is 0 Å². The van der Waals surface area contributed by atoms with E-state index in [4.69, 9.17) is 5.84 Å². The molecule has 3 N–H and O–H groups in total. The molecule has 102 valence electrons. The monoisotopic (exact) mass is 258 g/mol. The summed E-state index contributed by atoms with van der Waals surface area (Å²) in [5.41, 5.74) is 6.28. The van der Waals surface area contributed by atoms with Gasteiger partial charge < -0.3 is 0 Å². The Morgan fingerprint density at radius 2 is 2.11 bits per heavy atom. The van der Waals surface area contributed by atoms with Crippen LogP contribution in [0.3, 0.4) is 0 Å². The van der Waals surface area contributed by atoms with Crippen molar-refractivity contribution < 1.29 is 0 Å². The third kappa shape index (κ3) is 3.43. The van der Waals surface area contributed by atoms with Crippen molar-refractivity contribution in [2.24, 2.45) is 18.8 Å². The molecule has 1 atom stereocenters. The van der Waals surface area contributed by atoms with Gasteiger partial charge in [0.25, 0.3) is 0 Å². The predicted octanol–water partition coefficient (Wildman–Crippen LogP) is 2.17. The maximum absolute atomic E-state index is 5.70. The summed E-state index contributed by atoms with van der Waals surface area (Å²) in [4.78, 5) is 0. The molecule has 0 aliphatic heterocycles. The highest BCUT2D eigenvalue weighted by Crippen LogP contribution is 2.21. The number of hydrazine groups is 1. The van der Waals surface area contributed by atoms with E-state index in [1.807, 2.05) is 19.3 Å². The number of nitrogens with one attached hydrogen (secondary N) is 1. The second-order valence-electron chi connectivity index (χ2n) is 5.36. The lowest BCUT2D eigenvalue weighted by atomic mass is 9.97. The molecule has 4 nitrogen and oxygen atoms in total. The summed E-state index contributed by atoms with van der Waals surface area (Å²) >= 11 is 0. The molecular weight excluding hydrogens is 236 g/mol. The van der Waals surface area contributed by atoms with Crippen molar-refractivity contribution in [1.29, 1.82) is 0 Å². The summed E-state index contributed by atoms with van der Waals surface area (Å²) in [7, 11) is 1.91. The Morgan fingerprint density at radius 1 is 1.32 bits per heavy atom. The molecule has 0 aliphatic carbocycles. The molecular formula is C15H22N4. The zero-order valence-electron chi connectivity index (χ0n) is 11.8. The molecule has 0 saturated heterocycles. The Labute approximate surface area is 114 Å². The van der Waals surface area contributed by atoms with Crippen LogP contribution in [0, 0.1) is 5.92 Å². The highest BCUT2D eigenvalue weighted by molar-refractivity contribution is 5.31. The third-order valence-corrected chi connectivity index (χ3v) is 3.12. The minimum absolute atomic E-state index is 0.0617. The Balaban J connectivity index is 2.28. The van der Waals surface area contributed by atoms with Gasteiger partial charge in [-0.25, -0.2) is 5.43 Å². The topological polar surface area (TPSA) is 55.9 Å². The van der Waals surface area contributed by atoms with Crippen LogP contribution in [0.15, 0.2) is 36.5 Å². The first-order chi connectivity index (χ1) is 9.10. The van der Waals surface area contributed by atoms with Gasteiger partial charge in [-0.2, -0.15) is 5.10 Å². The number of rotatable bonds is 5. The number of nitrogens with zero attached hydrogens (tertiary/aromatic N) is 2. The summed E-state index contributed by atoms with van der Waals surface area (Å²) in [6, 6.07) is 10.5. The quantitative estimate of drug-likeness (QED) is 0.638. The van der Waals surface area contributed by atoms with E-state index in [-0.39, 0.29) is 6.04 Å². The number of nitrogens with two attached hydrogens (primary N) is 1. The SMILES string of the molecule is CC(C)Cc1cccc(C(NN)c2ccn(C)n2)c1. The first kappa shape index (κ1) is 13.8. The molecule has 1 aromatic carbocycles. The highest BCUT2D eigenvalue weighted by atomic mass is 15.3. The van der Waals surface area contributed by atoms with Crippen LogP contribution in [0.1, 0.15) is 36.7 Å². The molecule has 0 aliphatic rings. The van der Waals surface area contributed by atoms with Gasteiger partial charge in [-0.15, -0.1) is 0 Å². The van der Waals surface area contributed by atoms with Crippen LogP contribution < -0.4 is 11.3 Å². The van der Waals surface area contributed by atoms with Crippen molar-refractivity contribution >= 4 is 0 Å². The molecule has 1 heterocycles. The fourth-order valence-electron chi connectivity index (χ4n) is 2.31. The van der Waals surface area contributed by atoms with Gasteiger partial charge in [-0.3, -0.25) is 10.5 Å². The van der Waals surface area contributed by atoms with Gasteiger partial charge >= 0.3 is 0 Å². The molecule has 2 aromatic rings. The van der Waals surface area contributed by atoms with Gasteiger partial charge in [0.15, 0.2) is 0 Å². The van der Waals surface area contributed by atoms with Crippen molar-refractivity contribution in [3.63, 3.8) is 0 Å². The lowest BCUT2D eigenvalue weighted by molar-refractivity contribution is 0.600. The lowest BCUT2D eigenvalue weighted by Crippen LogP contribution is -2.29. The minimum atomic E-state index is -0.0617. The molecule has 0 radical (unpaired) electrons. The standard InChI is InChI=1S/C15H22N4/c1-11(2)9-12-5-4-6-13(10-12)15(17-16)14-7-8-19(3)18-14/h4-8,10-11,15,17H,9,16H2,1-3H3. The van der Waals surface area contributed by atoms with Gasteiger partial charge in [0.2, 0.25) is 0 Å². The molecule has 0 spiro atoms. The van der Waals surface area contributed by atoms with Gasteiger partial charge in [0.05, 0.1) is 11.7 Å². The smallest absolute Gasteiger partial charge is 0.0900 e. The van der Waals surface area contributed by atoms with Crippen LogP contribution in [-0.4, -0.2) is 9.78 Å². The van der Waals surface area contributed by atoms with Crippen LogP contribution in [0.4, 0.5) is 0 Å². The predicted molar refractivity (Wildman–Crippen MR) is 77.4 cm³/mol. The van der Waals surface area contributed by atoms with Gasteiger partial charge in [-0.05, 0) is 29.5 Å². The second kappa shape index (κ2) is 5.99. The Bertz CT molecular complexity index is 530. The summed E-state index contributed by atoms with van der Waals surface area (Å²) in [5.74, 6) is 6.35. The average Bonchev–Trinajstić information content (AvgIpc) is 2.76. The van der Waals surface area contributed by atoms with E-state index in [2.05, 4.69) is 48.6 Å². The Kier molecular flexibility index (Phi) is 4.35. The summed E-state index contributed by atoms with van der Waals surface area (Å²) in [5, 5.41) is 4.42. The van der Waals surface area contributed by atoms with Crippen molar-refractivity contribution in [3.05, 3.63) is 53.3 Å². The first-order valence-electron chi connectivity index (χ1n) is 6.64. The second-order valence-corrected chi connectivity index (χ2v) is 5.36. The zero-order chi connectivity index (χ0) is 13.8. The van der Waals surface area contributed by atoms with Crippen molar-refractivity contribution in [2.45, 2.75) is 26.3 Å². The molecule has 19 heavy (non-hydrogen) atoms. The molecule has 1 aromatic heterocycles. The first-order valence-corrected chi connectivity index (χ1v) is 6.64. The number of hydrogen-bond donors (Lipinski definition) is 2. The van der Waals surface area contributed by atoms with E-state index < -0.39 is 0 Å². The molecule has 0 saturated carbocycles. The maximum Gasteiger partial charge on any atom is 0.0900 e. The number of aromatic nitrogens is 2. The number of hydrogen-bond acceptors (Lipinski definition) is 3. The average molecular weight is 258 g/mol. The van der Waals surface area contributed by atoms with E-state index in [9.17, 15) is 0 Å². The summed E-state index contributed by atoms with van der Waals surface area (Å²) in [6.07, 6.45) is 3.00. The molecule has 0 amide bonds. The van der Waals surface area contributed by atoms with E-state index >= 15 is 0 Å². The van der Waals surface area contributed by atoms with Crippen LogP contribution in [-0.2, 0) is 13.5 Å².